The van der Waals surface area contributed by atoms with Crippen LogP contribution in [0.4, 0.5) is 0 Å². The van der Waals surface area contributed by atoms with E-state index in [1.54, 1.807) is 24.3 Å². The molecule has 23 heavy (non-hydrogen) atoms. The Hall–Kier alpha value is -2.74. The van der Waals surface area contributed by atoms with Crippen LogP contribution in [0.2, 0.25) is 0 Å². The van der Waals surface area contributed by atoms with Crippen molar-refractivity contribution in [1.82, 2.24) is 19.9 Å². The van der Waals surface area contributed by atoms with E-state index in [9.17, 15) is 19.8 Å². The number of hydrogen-bond acceptors (Lipinski definition) is 5. The maximum Gasteiger partial charge on any atom is 0.326 e. The predicted molar refractivity (Wildman–Crippen MR) is 79.1 cm³/mol. The summed E-state index contributed by atoms with van der Waals surface area (Å²) in [6, 6.07) is 5.78. The minimum absolute atomic E-state index is 0.00330. The number of likely N-dealkylation sites (tertiary alicyclic amines) is 1. The van der Waals surface area contributed by atoms with Crippen LogP contribution in [-0.2, 0) is 4.79 Å². The summed E-state index contributed by atoms with van der Waals surface area (Å²) >= 11 is 0. The standard InChI is InChI=1S/C15H16N4O4/c20-10-5-6-13(15(22)23)18(9-10)14(21)11-3-1-2-4-12(11)19-16-7-8-17-19/h1-4,7-8,10,13,20H,5-6,9H2,(H,22,23). The van der Waals surface area contributed by atoms with Gasteiger partial charge in [0.05, 0.1) is 29.7 Å². The van der Waals surface area contributed by atoms with Gasteiger partial charge in [-0.2, -0.15) is 15.0 Å². The fourth-order valence-corrected chi connectivity index (χ4v) is 2.76. The van der Waals surface area contributed by atoms with Crippen molar-refractivity contribution in [3.63, 3.8) is 0 Å². The van der Waals surface area contributed by atoms with Gasteiger partial charge in [-0.15, -0.1) is 0 Å². The van der Waals surface area contributed by atoms with Gasteiger partial charge in [-0.1, -0.05) is 12.1 Å². The zero-order chi connectivity index (χ0) is 16.4. The van der Waals surface area contributed by atoms with Crippen LogP contribution >= 0.6 is 0 Å². The molecule has 2 unspecified atom stereocenters. The van der Waals surface area contributed by atoms with Gasteiger partial charge >= 0.3 is 5.97 Å². The molecule has 0 bridgehead atoms. The number of aromatic nitrogens is 3. The molecule has 3 rings (SSSR count). The lowest BCUT2D eigenvalue weighted by molar-refractivity contribution is -0.144. The van der Waals surface area contributed by atoms with Crippen LogP contribution in [0.15, 0.2) is 36.7 Å². The number of nitrogens with zero attached hydrogens (tertiary/aromatic N) is 4. The molecule has 2 aromatic rings. The third kappa shape index (κ3) is 2.93. The number of piperidine rings is 1. The number of β-amino-alcohol motifs (C(OH)–C–C–N with tert-alkyl or cyclic N) is 1. The predicted octanol–water partition coefficient (Wildman–Crippen LogP) is 0.317. The van der Waals surface area contributed by atoms with Gasteiger partial charge < -0.3 is 15.1 Å². The van der Waals surface area contributed by atoms with Gasteiger partial charge in [0.2, 0.25) is 0 Å². The van der Waals surface area contributed by atoms with Crippen LogP contribution in [0.1, 0.15) is 23.2 Å². The lowest BCUT2D eigenvalue weighted by Crippen LogP contribution is -2.52. The molecule has 0 aliphatic carbocycles. The van der Waals surface area contributed by atoms with Crippen LogP contribution < -0.4 is 0 Å². The summed E-state index contributed by atoms with van der Waals surface area (Å²) < 4.78 is 0. The molecule has 2 N–H and O–H groups in total. The highest BCUT2D eigenvalue weighted by Crippen LogP contribution is 2.23. The second-order valence-electron chi connectivity index (χ2n) is 5.38. The van der Waals surface area contributed by atoms with Gasteiger partial charge in [0, 0.05) is 6.54 Å². The third-order valence-corrected chi connectivity index (χ3v) is 3.87. The Labute approximate surface area is 132 Å². The molecule has 1 fully saturated rings. The zero-order valence-corrected chi connectivity index (χ0v) is 12.2. The fourth-order valence-electron chi connectivity index (χ4n) is 2.76. The van der Waals surface area contributed by atoms with E-state index < -0.39 is 24.0 Å². The highest BCUT2D eigenvalue weighted by molar-refractivity contribution is 5.99. The van der Waals surface area contributed by atoms with E-state index in [-0.39, 0.29) is 13.0 Å². The third-order valence-electron chi connectivity index (χ3n) is 3.87. The Morgan fingerprint density at radius 3 is 2.52 bits per heavy atom. The molecule has 0 saturated carbocycles. The van der Waals surface area contributed by atoms with Crippen LogP contribution in [0.3, 0.4) is 0 Å². The van der Waals surface area contributed by atoms with Crippen LogP contribution in [-0.4, -0.2) is 60.7 Å². The van der Waals surface area contributed by atoms with Crippen molar-refractivity contribution in [2.45, 2.75) is 25.0 Å². The van der Waals surface area contributed by atoms with Crippen molar-refractivity contribution in [2.24, 2.45) is 0 Å². The Morgan fingerprint density at radius 1 is 1.13 bits per heavy atom. The number of aliphatic carboxylic acids is 1. The van der Waals surface area contributed by atoms with Gasteiger partial charge in [-0.3, -0.25) is 4.79 Å². The lowest BCUT2D eigenvalue weighted by atomic mass is 9.98. The van der Waals surface area contributed by atoms with E-state index in [0.29, 0.717) is 17.7 Å². The molecule has 1 aromatic carbocycles. The van der Waals surface area contributed by atoms with Gasteiger partial charge in [-0.25, -0.2) is 4.79 Å². The molecular formula is C15H16N4O4. The number of carboxylic acids is 1. The first-order chi connectivity index (χ1) is 11.1. The molecule has 2 atom stereocenters. The van der Waals surface area contributed by atoms with Crippen LogP contribution in [0, 0.1) is 0 Å². The summed E-state index contributed by atoms with van der Waals surface area (Å²) in [5.74, 6) is -1.52. The number of carboxylic acid groups (broad SMARTS) is 1. The van der Waals surface area contributed by atoms with Crippen molar-refractivity contribution in [3.05, 3.63) is 42.2 Å². The quantitative estimate of drug-likeness (QED) is 0.844. The Kier molecular flexibility index (Phi) is 4.07. The van der Waals surface area contributed by atoms with E-state index in [2.05, 4.69) is 10.2 Å². The minimum atomic E-state index is -1.07. The number of para-hydroxylation sites is 1. The van der Waals surface area contributed by atoms with Crippen LogP contribution in [0.5, 0.6) is 0 Å². The topological polar surface area (TPSA) is 109 Å². The summed E-state index contributed by atoms with van der Waals surface area (Å²) in [5, 5.41) is 27.2. The van der Waals surface area contributed by atoms with E-state index >= 15 is 0 Å². The molecule has 8 heteroatoms. The Bertz CT molecular complexity index is 716. The van der Waals surface area contributed by atoms with Crippen molar-refractivity contribution in [2.75, 3.05) is 6.54 Å². The maximum atomic E-state index is 12.9. The maximum absolute atomic E-state index is 12.9. The number of hydrogen-bond donors (Lipinski definition) is 2. The summed E-state index contributed by atoms with van der Waals surface area (Å²) in [4.78, 5) is 26.8. The molecule has 2 heterocycles. The van der Waals surface area contributed by atoms with E-state index in [4.69, 9.17) is 0 Å². The SMILES string of the molecule is O=C(O)C1CCC(O)CN1C(=O)c1ccccc1-n1nccn1. The minimum Gasteiger partial charge on any atom is -0.480 e. The highest BCUT2D eigenvalue weighted by atomic mass is 16.4. The number of amides is 1. The van der Waals surface area contributed by atoms with Gasteiger partial charge in [0.15, 0.2) is 0 Å². The summed E-state index contributed by atoms with van der Waals surface area (Å²) in [6.45, 7) is -0.00330. The molecule has 1 amide bonds. The first-order valence-corrected chi connectivity index (χ1v) is 7.25. The number of rotatable bonds is 3. The number of benzene rings is 1. The molecule has 0 radical (unpaired) electrons. The fraction of sp³-hybridized carbons (Fsp3) is 0.333. The number of carbonyl (C=O) groups is 2. The van der Waals surface area contributed by atoms with E-state index in [0.717, 1.165) is 0 Å². The number of aliphatic hydroxyl groups excluding tert-OH is 1. The molecule has 1 saturated heterocycles. The summed E-state index contributed by atoms with van der Waals surface area (Å²) in [6.07, 6.45) is 2.86. The lowest BCUT2D eigenvalue weighted by Gasteiger charge is -2.35. The average Bonchev–Trinajstić information content (AvgIpc) is 3.08. The smallest absolute Gasteiger partial charge is 0.326 e. The largest absolute Gasteiger partial charge is 0.480 e. The van der Waals surface area contributed by atoms with E-state index in [1.807, 2.05) is 0 Å². The molecular weight excluding hydrogens is 300 g/mol. The summed E-state index contributed by atoms with van der Waals surface area (Å²) in [5.41, 5.74) is 0.760. The number of carbonyl (C=O) groups excluding carboxylic acids is 1. The molecule has 1 aromatic heterocycles. The second-order valence-corrected chi connectivity index (χ2v) is 5.38. The van der Waals surface area contributed by atoms with Crippen molar-refractivity contribution in [1.29, 1.82) is 0 Å². The monoisotopic (exact) mass is 316 g/mol. The normalized spacial score (nSPS) is 21.2. The first-order valence-electron chi connectivity index (χ1n) is 7.25. The zero-order valence-electron chi connectivity index (χ0n) is 12.2. The summed E-state index contributed by atoms with van der Waals surface area (Å²) in [7, 11) is 0. The number of aliphatic hydroxyl groups is 1. The van der Waals surface area contributed by atoms with Crippen molar-refractivity contribution in [3.8, 4) is 5.69 Å². The second kappa shape index (κ2) is 6.17. The first kappa shape index (κ1) is 15.2. The molecule has 0 spiro atoms. The van der Waals surface area contributed by atoms with Crippen LogP contribution in [0.25, 0.3) is 5.69 Å². The molecule has 120 valence electrons. The van der Waals surface area contributed by atoms with Crippen molar-refractivity contribution >= 4 is 11.9 Å². The molecule has 1 aliphatic heterocycles. The highest BCUT2D eigenvalue weighted by Gasteiger charge is 2.36. The molecule has 1 aliphatic rings. The van der Waals surface area contributed by atoms with Crippen molar-refractivity contribution < 1.29 is 19.8 Å². The van der Waals surface area contributed by atoms with Gasteiger partial charge in [-0.05, 0) is 25.0 Å². The molecule has 8 nitrogen and oxygen atoms in total. The Balaban J connectivity index is 1.98. The van der Waals surface area contributed by atoms with E-state index in [1.165, 1.54) is 22.1 Å². The Morgan fingerprint density at radius 2 is 1.83 bits per heavy atom. The van der Waals surface area contributed by atoms with Gasteiger partial charge in [0.1, 0.15) is 6.04 Å². The van der Waals surface area contributed by atoms with Gasteiger partial charge in [0.25, 0.3) is 5.91 Å². The average molecular weight is 316 g/mol.